The van der Waals surface area contributed by atoms with Gasteiger partial charge in [-0.1, -0.05) is 90.2 Å². The summed E-state index contributed by atoms with van der Waals surface area (Å²) in [6.07, 6.45) is 47.2. The fourth-order valence-electron chi connectivity index (χ4n) is 5.14. The molecule has 0 spiro atoms. The molecule has 0 aromatic carbocycles. The Morgan fingerprint density at radius 3 is 1.21 bits per heavy atom. The van der Waals surface area contributed by atoms with E-state index in [0.29, 0.717) is 26.2 Å². The predicted molar refractivity (Wildman–Crippen MR) is 198 cm³/mol. The Balaban J connectivity index is 3.46. The Bertz CT molecular complexity index is 582. The first-order valence-corrected chi connectivity index (χ1v) is 24.0. The van der Waals surface area contributed by atoms with Crippen molar-refractivity contribution in [3.63, 3.8) is 0 Å². The number of hydrogen-bond acceptors (Lipinski definition) is 4. The van der Waals surface area contributed by atoms with Crippen molar-refractivity contribution in [1.29, 1.82) is 0 Å². The van der Waals surface area contributed by atoms with E-state index in [2.05, 4.69) is 38.2 Å². The second-order valence-corrected chi connectivity index (χ2v) is 20.6. The maximum absolute atomic E-state index is 6.11. The molecule has 0 aromatic heterocycles. The molecule has 6 heteroatoms. The second-order valence-electron chi connectivity index (χ2n) is 12.1. The molecule has 0 bridgehead atoms. The SMILES string of the molecule is CCCCCCCC/C=C\CCCCCCCCOP(=S)([O][Pb])SCCCCCCCC/C=C\CCCCCCCC. The molecule has 42 heavy (non-hydrogen) atoms. The van der Waals surface area contributed by atoms with Gasteiger partial charge in [0.15, 0.2) is 0 Å². The van der Waals surface area contributed by atoms with Crippen LogP contribution in [0.2, 0.25) is 0 Å². The smallest absolute Gasteiger partial charge is 0.0885 e. The van der Waals surface area contributed by atoms with Crippen LogP contribution in [-0.4, -0.2) is 38.6 Å². The topological polar surface area (TPSA) is 18.5 Å². The zero-order valence-electron chi connectivity index (χ0n) is 28.1. The first-order valence-electron chi connectivity index (χ1n) is 18.2. The number of allylic oxidation sites excluding steroid dienone is 4. The number of hydrogen-bond donors (Lipinski definition) is 0. The van der Waals surface area contributed by atoms with Crippen molar-refractivity contribution >= 4 is 55.1 Å². The number of rotatable bonds is 35. The van der Waals surface area contributed by atoms with Crippen LogP contribution in [-0.2, 0) is 18.8 Å². The summed E-state index contributed by atoms with van der Waals surface area (Å²) in [5, 5.41) is 0. The summed E-state index contributed by atoms with van der Waals surface area (Å²) < 4.78 is 11.9. The summed E-state index contributed by atoms with van der Waals surface area (Å²) >= 11 is 8.25. The summed E-state index contributed by atoms with van der Waals surface area (Å²) in [5.74, 6) is 1.09. The van der Waals surface area contributed by atoms with Crippen molar-refractivity contribution in [2.45, 2.75) is 194 Å². The molecule has 0 aliphatic carbocycles. The molecule has 0 heterocycles. The Labute approximate surface area is 290 Å². The third-order valence-electron chi connectivity index (χ3n) is 7.92. The van der Waals surface area contributed by atoms with E-state index in [1.54, 1.807) is 11.4 Å². The van der Waals surface area contributed by atoms with Gasteiger partial charge in [-0.05, 0) is 25.7 Å². The molecule has 0 saturated carbocycles. The molecule has 0 saturated heterocycles. The van der Waals surface area contributed by atoms with Gasteiger partial charge in [0, 0.05) is 0 Å². The Kier molecular flexibility index (Phi) is 37.9. The van der Waals surface area contributed by atoms with E-state index >= 15 is 0 Å². The van der Waals surface area contributed by atoms with Crippen molar-refractivity contribution < 1.29 is 7.00 Å². The Morgan fingerprint density at radius 1 is 0.500 bits per heavy atom. The Hall–Kier alpha value is 1.32. The Morgan fingerprint density at radius 2 is 0.833 bits per heavy atom. The standard InChI is InChI=1S/C36H71O2PS2.Pb/c1-3-5-7-9-11-13-15-17-19-21-23-25-27-29-31-33-35-38-39(37,40)41-36-34-32-30-28-26-24-22-20-18-16-14-12-10-8-6-4-2;/h17-20H,3-16,21-36H2,1-2H3,(H,37,40);/q;+1/p-1/b19-17-,20-18-;. The fraction of sp³-hybridized carbons (Fsp3) is 0.889. The maximum atomic E-state index is 6.11. The van der Waals surface area contributed by atoms with Crippen LogP contribution in [0.25, 0.3) is 0 Å². The molecular weight excluding hydrogens is 767 g/mol. The van der Waals surface area contributed by atoms with E-state index in [9.17, 15) is 0 Å². The van der Waals surface area contributed by atoms with E-state index in [-0.39, 0.29) is 0 Å². The van der Waals surface area contributed by atoms with Crippen LogP contribution in [0.1, 0.15) is 194 Å². The fourth-order valence-corrected chi connectivity index (χ4v) is 11.2. The average molecular weight is 837 g/mol. The zero-order valence-corrected chi connectivity index (χ0v) is 34.5. The predicted octanol–water partition coefficient (Wildman–Crippen LogP) is 14.1. The van der Waals surface area contributed by atoms with Gasteiger partial charge >= 0.3 is 177 Å². The molecule has 1 unspecified atom stereocenters. The molecule has 0 rings (SSSR count). The minimum Gasteiger partial charge on any atom is -0.0885 e. The summed E-state index contributed by atoms with van der Waals surface area (Å²) in [5.41, 5.74) is -2.08. The van der Waals surface area contributed by atoms with Gasteiger partial charge < -0.3 is 0 Å². The van der Waals surface area contributed by atoms with Crippen molar-refractivity contribution in [1.82, 2.24) is 0 Å². The summed E-state index contributed by atoms with van der Waals surface area (Å²) in [6, 6.07) is 0. The molecule has 247 valence electrons. The van der Waals surface area contributed by atoms with Crippen LogP contribution in [0.15, 0.2) is 24.3 Å². The molecule has 3 radical (unpaired) electrons. The summed E-state index contributed by atoms with van der Waals surface area (Å²) in [4.78, 5) is 0. The normalized spacial score (nSPS) is 13.5. The molecule has 0 amide bonds. The van der Waals surface area contributed by atoms with Gasteiger partial charge in [-0.15, -0.1) is 0 Å². The molecule has 0 N–H and O–H groups in total. The van der Waals surface area contributed by atoms with Gasteiger partial charge in [0.1, 0.15) is 0 Å². The van der Waals surface area contributed by atoms with Gasteiger partial charge in [0.25, 0.3) is 0 Å². The van der Waals surface area contributed by atoms with Crippen LogP contribution in [0.4, 0.5) is 0 Å². The molecule has 0 aromatic rings. The summed E-state index contributed by atoms with van der Waals surface area (Å²) in [6.45, 7) is 5.35. The summed E-state index contributed by atoms with van der Waals surface area (Å²) in [7, 11) is 0. The van der Waals surface area contributed by atoms with Crippen molar-refractivity contribution in [3.05, 3.63) is 24.3 Å². The second kappa shape index (κ2) is 36.8. The molecule has 0 aliphatic rings. The van der Waals surface area contributed by atoms with Gasteiger partial charge in [0.05, 0.1) is 0 Å². The first-order chi connectivity index (χ1) is 20.7. The quantitative estimate of drug-likeness (QED) is 0.0274. The van der Waals surface area contributed by atoms with Crippen LogP contribution < -0.4 is 0 Å². The van der Waals surface area contributed by atoms with Gasteiger partial charge in [-0.3, -0.25) is 0 Å². The monoisotopic (exact) mass is 837 g/mol. The third-order valence-corrected chi connectivity index (χ3v) is 19.0. The minimum absolute atomic E-state index is 0.677. The van der Waals surface area contributed by atoms with Crippen molar-refractivity contribution in [3.8, 4) is 0 Å². The first kappa shape index (κ1) is 43.3. The van der Waals surface area contributed by atoms with E-state index < -0.39 is 5.69 Å². The van der Waals surface area contributed by atoms with Gasteiger partial charge in [0.2, 0.25) is 0 Å². The van der Waals surface area contributed by atoms with Crippen LogP contribution >= 0.6 is 17.1 Å². The minimum atomic E-state index is -2.08. The average Bonchev–Trinajstić information content (AvgIpc) is 3.00. The van der Waals surface area contributed by atoms with Crippen molar-refractivity contribution in [2.75, 3.05) is 12.4 Å². The molecule has 0 aliphatic heterocycles. The van der Waals surface area contributed by atoms with Crippen LogP contribution in [0.3, 0.4) is 0 Å². The van der Waals surface area contributed by atoms with Crippen LogP contribution in [0.5, 0.6) is 0 Å². The van der Waals surface area contributed by atoms with E-state index in [0.717, 1.165) is 18.8 Å². The number of unbranched alkanes of at least 4 members (excludes halogenated alkanes) is 24. The van der Waals surface area contributed by atoms with Crippen LogP contribution in [0, 0.1) is 0 Å². The van der Waals surface area contributed by atoms with E-state index in [1.807, 2.05) is 0 Å². The van der Waals surface area contributed by atoms with Gasteiger partial charge in [-0.25, -0.2) is 0 Å². The molecule has 0 fully saturated rings. The van der Waals surface area contributed by atoms with E-state index in [1.165, 1.54) is 173 Å². The molecule has 1 atom stereocenters. The van der Waals surface area contributed by atoms with Crippen molar-refractivity contribution in [2.24, 2.45) is 0 Å². The molecule has 2 nitrogen and oxygen atoms in total. The van der Waals surface area contributed by atoms with E-state index in [4.69, 9.17) is 18.8 Å². The molecular formula is C36H70O2PPbS2. The zero-order chi connectivity index (χ0) is 30.7. The third kappa shape index (κ3) is 34.2. The van der Waals surface area contributed by atoms with Gasteiger partial charge in [-0.2, -0.15) is 0 Å².